The van der Waals surface area contributed by atoms with Crippen molar-refractivity contribution in [3.8, 4) is 0 Å². The van der Waals surface area contributed by atoms with Crippen LogP contribution in [0.15, 0.2) is 35.2 Å². The van der Waals surface area contributed by atoms with Gasteiger partial charge in [-0.15, -0.1) is 0 Å². The van der Waals surface area contributed by atoms with Crippen molar-refractivity contribution in [1.29, 1.82) is 0 Å². The Kier molecular flexibility index (Phi) is 5.33. The van der Waals surface area contributed by atoms with E-state index in [9.17, 15) is 8.42 Å². The third-order valence-electron chi connectivity index (χ3n) is 4.09. The summed E-state index contributed by atoms with van der Waals surface area (Å²) in [5.74, 6) is 0.281. The van der Waals surface area contributed by atoms with E-state index in [1.54, 1.807) is 24.3 Å². The molecule has 1 aromatic rings. The van der Waals surface area contributed by atoms with Gasteiger partial charge in [0, 0.05) is 6.61 Å². The largest absolute Gasteiger partial charge is 0.381 e. The van der Waals surface area contributed by atoms with Gasteiger partial charge < -0.3 is 4.74 Å². The Balaban J connectivity index is 1.80. The minimum absolute atomic E-state index is 0.000231. The van der Waals surface area contributed by atoms with Gasteiger partial charge in [0.25, 0.3) is 0 Å². The maximum Gasteiger partial charge on any atom is 0.178 e. The molecule has 0 radical (unpaired) electrons. The Morgan fingerprint density at radius 3 is 2.32 bits per heavy atom. The zero-order valence-corrected chi connectivity index (χ0v) is 14.8. The lowest BCUT2D eigenvalue weighted by Gasteiger charge is -2.19. The fraction of sp³-hybridized carbons (Fsp3) is 0.667. The fourth-order valence-electron chi connectivity index (χ4n) is 2.69. The number of benzene rings is 1. The van der Waals surface area contributed by atoms with Crippen molar-refractivity contribution in [2.45, 2.75) is 51.3 Å². The van der Waals surface area contributed by atoms with E-state index in [1.807, 2.05) is 6.07 Å². The van der Waals surface area contributed by atoms with Gasteiger partial charge in [-0.3, -0.25) is 0 Å². The summed E-state index contributed by atoms with van der Waals surface area (Å²) in [7, 11) is -3.16. The molecule has 0 unspecified atom stereocenters. The zero-order chi connectivity index (χ0) is 16.3. The van der Waals surface area contributed by atoms with Gasteiger partial charge in [0.2, 0.25) is 0 Å². The molecule has 1 fully saturated rings. The molecule has 4 heteroatoms. The van der Waals surface area contributed by atoms with Crippen LogP contribution in [-0.2, 0) is 14.6 Å². The topological polar surface area (TPSA) is 43.4 Å². The Hall–Kier alpha value is -0.870. The van der Waals surface area contributed by atoms with Crippen LogP contribution >= 0.6 is 0 Å². The van der Waals surface area contributed by atoms with E-state index in [2.05, 4.69) is 20.8 Å². The smallest absolute Gasteiger partial charge is 0.178 e. The molecule has 124 valence electrons. The predicted molar refractivity (Wildman–Crippen MR) is 89.7 cm³/mol. The minimum Gasteiger partial charge on any atom is -0.381 e. The molecule has 3 nitrogen and oxygen atoms in total. The lowest BCUT2D eigenvalue weighted by Crippen LogP contribution is -2.19. The number of hydrogen-bond donors (Lipinski definition) is 0. The first-order valence-corrected chi connectivity index (χ1v) is 9.73. The van der Waals surface area contributed by atoms with Crippen LogP contribution in [0.5, 0.6) is 0 Å². The van der Waals surface area contributed by atoms with E-state index in [4.69, 9.17) is 4.74 Å². The number of rotatable bonds is 8. The van der Waals surface area contributed by atoms with Gasteiger partial charge in [0.05, 0.1) is 17.3 Å². The predicted octanol–water partition coefficient (Wildman–Crippen LogP) is 4.08. The number of sulfone groups is 1. The molecule has 22 heavy (non-hydrogen) atoms. The van der Waals surface area contributed by atoms with Gasteiger partial charge in [-0.25, -0.2) is 8.42 Å². The molecule has 1 saturated carbocycles. The van der Waals surface area contributed by atoms with E-state index < -0.39 is 9.84 Å². The fourth-order valence-corrected chi connectivity index (χ4v) is 4.66. The second-order valence-corrected chi connectivity index (χ2v) is 9.78. The van der Waals surface area contributed by atoms with Crippen molar-refractivity contribution in [1.82, 2.24) is 0 Å². The van der Waals surface area contributed by atoms with Crippen LogP contribution in [0.25, 0.3) is 0 Å². The Bertz CT molecular complexity index is 566. The Labute approximate surface area is 135 Å². The maximum absolute atomic E-state index is 12.5. The molecule has 1 aliphatic carbocycles. The molecule has 0 spiro atoms. The lowest BCUT2D eigenvalue weighted by molar-refractivity contribution is 0.0667. The highest BCUT2D eigenvalue weighted by Gasteiger charge is 2.45. The second-order valence-electron chi connectivity index (χ2n) is 7.79. The van der Waals surface area contributed by atoms with Crippen molar-refractivity contribution < 1.29 is 13.2 Å². The first kappa shape index (κ1) is 17.5. The standard InChI is InChI=1S/C18H28O3S/c1-17(2,3)14-21-13-7-10-18(11-12-18)15-22(19,20)16-8-5-4-6-9-16/h4-6,8-9H,7,10-15H2,1-3H3. The molecule has 0 aliphatic heterocycles. The van der Waals surface area contributed by atoms with E-state index in [1.165, 1.54) is 0 Å². The van der Waals surface area contributed by atoms with Gasteiger partial charge in [0.15, 0.2) is 9.84 Å². The summed E-state index contributed by atoms with van der Waals surface area (Å²) in [6.45, 7) is 7.94. The van der Waals surface area contributed by atoms with Crippen LogP contribution in [0.2, 0.25) is 0 Å². The highest BCUT2D eigenvalue weighted by Crippen LogP contribution is 2.51. The third kappa shape index (κ3) is 5.40. The summed E-state index contributed by atoms with van der Waals surface area (Å²) in [6.07, 6.45) is 3.94. The Morgan fingerprint density at radius 2 is 1.77 bits per heavy atom. The summed E-state index contributed by atoms with van der Waals surface area (Å²) < 4.78 is 30.6. The molecule has 0 aromatic heterocycles. The molecule has 0 amide bonds. The maximum atomic E-state index is 12.5. The van der Waals surface area contributed by atoms with E-state index >= 15 is 0 Å². The van der Waals surface area contributed by atoms with Crippen LogP contribution in [-0.4, -0.2) is 27.4 Å². The van der Waals surface area contributed by atoms with Crippen LogP contribution in [0, 0.1) is 10.8 Å². The second kappa shape index (κ2) is 6.71. The monoisotopic (exact) mass is 324 g/mol. The van der Waals surface area contributed by atoms with Crippen molar-refractivity contribution in [3.63, 3.8) is 0 Å². The summed E-state index contributed by atoms with van der Waals surface area (Å²) >= 11 is 0. The molecule has 0 saturated heterocycles. The van der Waals surface area contributed by atoms with E-state index in [0.29, 0.717) is 4.90 Å². The average Bonchev–Trinajstić information content (AvgIpc) is 3.17. The highest BCUT2D eigenvalue weighted by molar-refractivity contribution is 7.91. The summed E-state index contributed by atoms with van der Waals surface area (Å²) in [5.41, 5.74) is 0.188. The molecule has 0 heterocycles. The molecular formula is C18H28O3S. The van der Waals surface area contributed by atoms with Gasteiger partial charge in [0.1, 0.15) is 0 Å². The first-order valence-electron chi connectivity index (χ1n) is 8.08. The van der Waals surface area contributed by atoms with Crippen molar-refractivity contribution in [2.24, 2.45) is 10.8 Å². The van der Waals surface area contributed by atoms with Crippen molar-refractivity contribution >= 4 is 9.84 Å². The van der Waals surface area contributed by atoms with Gasteiger partial charge in [-0.2, -0.15) is 0 Å². The number of ether oxygens (including phenoxy) is 1. The summed E-state index contributed by atoms with van der Waals surface area (Å²) in [4.78, 5) is 0.449. The minimum atomic E-state index is -3.16. The lowest BCUT2D eigenvalue weighted by atomic mass is 9.98. The van der Waals surface area contributed by atoms with Crippen LogP contribution in [0.3, 0.4) is 0 Å². The average molecular weight is 324 g/mol. The molecule has 0 atom stereocenters. The molecule has 2 rings (SSSR count). The molecule has 0 N–H and O–H groups in total. The van der Waals surface area contributed by atoms with Crippen molar-refractivity contribution in [2.75, 3.05) is 19.0 Å². The van der Waals surface area contributed by atoms with Crippen LogP contribution in [0.1, 0.15) is 46.5 Å². The van der Waals surface area contributed by atoms with Gasteiger partial charge >= 0.3 is 0 Å². The van der Waals surface area contributed by atoms with Crippen molar-refractivity contribution in [3.05, 3.63) is 30.3 Å². The Morgan fingerprint density at radius 1 is 1.14 bits per heavy atom. The molecule has 1 aliphatic rings. The normalized spacial score (nSPS) is 17.4. The van der Waals surface area contributed by atoms with E-state index in [-0.39, 0.29) is 16.6 Å². The summed E-state index contributed by atoms with van der Waals surface area (Å²) in [6, 6.07) is 8.80. The van der Waals surface area contributed by atoms with Crippen LogP contribution in [0.4, 0.5) is 0 Å². The molecular weight excluding hydrogens is 296 g/mol. The number of hydrogen-bond acceptors (Lipinski definition) is 3. The SMILES string of the molecule is CC(C)(C)COCCCC1(CS(=O)(=O)c2ccccc2)CC1. The molecule has 0 bridgehead atoms. The van der Waals surface area contributed by atoms with E-state index in [0.717, 1.165) is 38.9 Å². The quantitative estimate of drug-likeness (QED) is 0.677. The highest BCUT2D eigenvalue weighted by atomic mass is 32.2. The van der Waals surface area contributed by atoms with Crippen LogP contribution < -0.4 is 0 Å². The first-order chi connectivity index (χ1) is 10.2. The zero-order valence-electron chi connectivity index (χ0n) is 14.0. The third-order valence-corrected chi connectivity index (χ3v) is 6.07. The molecule has 1 aromatic carbocycles. The van der Waals surface area contributed by atoms with Gasteiger partial charge in [-0.05, 0) is 48.6 Å². The van der Waals surface area contributed by atoms with Gasteiger partial charge in [-0.1, -0.05) is 39.0 Å². The summed E-state index contributed by atoms with van der Waals surface area (Å²) in [5, 5.41) is 0.